The van der Waals surface area contributed by atoms with Crippen molar-refractivity contribution in [3.63, 3.8) is 0 Å². The average Bonchev–Trinajstić information content (AvgIpc) is 2.95. The zero-order valence-electron chi connectivity index (χ0n) is 12.6. The molecule has 3 heteroatoms. The first kappa shape index (κ1) is 13.7. The topological polar surface area (TPSA) is 44.5 Å². The van der Waals surface area contributed by atoms with Crippen molar-refractivity contribution in [1.29, 1.82) is 0 Å². The van der Waals surface area contributed by atoms with Crippen LogP contribution in [0.15, 0.2) is 12.1 Å². The second kappa shape index (κ2) is 5.28. The lowest BCUT2D eigenvalue weighted by Gasteiger charge is -2.39. The Balaban J connectivity index is 2.12. The van der Waals surface area contributed by atoms with Gasteiger partial charge in [0.25, 0.3) is 0 Å². The molecule has 2 aliphatic rings. The van der Waals surface area contributed by atoms with E-state index < -0.39 is 0 Å². The van der Waals surface area contributed by atoms with Crippen molar-refractivity contribution in [2.45, 2.75) is 57.3 Å². The maximum Gasteiger partial charge on any atom is 0.231 e. The van der Waals surface area contributed by atoms with Gasteiger partial charge in [-0.3, -0.25) is 0 Å². The summed E-state index contributed by atoms with van der Waals surface area (Å²) < 4.78 is 11.3. The van der Waals surface area contributed by atoms with Crippen LogP contribution < -0.4 is 15.2 Å². The first-order valence-corrected chi connectivity index (χ1v) is 7.81. The molecule has 3 nitrogen and oxygen atoms in total. The van der Waals surface area contributed by atoms with Crippen molar-refractivity contribution in [1.82, 2.24) is 0 Å². The molecule has 3 rings (SSSR count). The molecule has 0 unspecified atom stereocenters. The van der Waals surface area contributed by atoms with Crippen LogP contribution in [0, 0.1) is 0 Å². The summed E-state index contributed by atoms with van der Waals surface area (Å²) in [7, 11) is 0. The molecule has 0 aromatic heterocycles. The fraction of sp³-hybridized carbons (Fsp3) is 0.647. The van der Waals surface area contributed by atoms with Crippen LogP contribution in [0.2, 0.25) is 0 Å². The number of hydrogen-bond acceptors (Lipinski definition) is 3. The number of ether oxygens (including phenoxy) is 2. The molecule has 2 N–H and O–H groups in total. The van der Waals surface area contributed by atoms with Crippen LogP contribution >= 0.6 is 0 Å². The Kier molecular flexibility index (Phi) is 3.63. The highest BCUT2D eigenvalue weighted by Crippen LogP contribution is 2.48. The largest absolute Gasteiger partial charge is 0.454 e. The maximum absolute atomic E-state index is 6.21. The number of benzene rings is 1. The predicted molar refractivity (Wildman–Crippen MR) is 80.5 cm³/mol. The second-order valence-electron chi connectivity index (χ2n) is 6.46. The molecule has 0 amide bonds. The summed E-state index contributed by atoms with van der Waals surface area (Å²) in [6.07, 6.45) is 6.29. The molecule has 1 aliphatic heterocycles. The molecule has 1 heterocycles. The summed E-state index contributed by atoms with van der Waals surface area (Å²) in [4.78, 5) is 0. The van der Waals surface area contributed by atoms with Gasteiger partial charge in [0.1, 0.15) is 0 Å². The van der Waals surface area contributed by atoms with Crippen LogP contribution in [0.1, 0.15) is 63.0 Å². The molecule has 1 fully saturated rings. The van der Waals surface area contributed by atoms with Gasteiger partial charge >= 0.3 is 0 Å². The van der Waals surface area contributed by atoms with Gasteiger partial charge in [-0.25, -0.2) is 0 Å². The van der Waals surface area contributed by atoms with Crippen LogP contribution in [0.3, 0.4) is 0 Å². The molecule has 1 aromatic carbocycles. The third-order valence-electron chi connectivity index (χ3n) is 4.93. The van der Waals surface area contributed by atoms with Gasteiger partial charge in [-0.15, -0.1) is 0 Å². The molecule has 0 saturated heterocycles. The van der Waals surface area contributed by atoms with Crippen molar-refractivity contribution in [2.24, 2.45) is 5.73 Å². The molecule has 0 radical (unpaired) electrons. The van der Waals surface area contributed by atoms with E-state index in [1.54, 1.807) is 0 Å². The molecule has 1 aliphatic carbocycles. The van der Waals surface area contributed by atoms with Crippen molar-refractivity contribution < 1.29 is 9.47 Å². The second-order valence-corrected chi connectivity index (χ2v) is 6.46. The van der Waals surface area contributed by atoms with Gasteiger partial charge in [0, 0.05) is 17.5 Å². The highest BCUT2D eigenvalue weighted by Gasteiger charge is 2.37. The summed E-state index contributed by atoms with van der Waals surface area (Å²) in [5.74, 6) is 2.27. The van der Waals surface area contributed by atoms with Gasteiger partial charge in [0.05, 0.1) is 0 Å². The number of hydrogen-bond donors (Lipinski definition) is 1. The van der Waals surface area contributed by atoms with Gasteiger partial charge in [-0.2, -0.15) is 0 Å². The van der Waals surface area contributed by atoms with Crippen molar-refractivity contribution in [2.75, 3.05) is 13.3 Å². The normalized spacial score (nSPS) is 20.4. The Morgan fingerprint density at radius 1 is 1.15 bits per heavy atom. The fourth-order valence-corrected chi connectivity index (χ4v) is 3.84. The van der Waals surface area contributed by atoms with E-state index in [-0.39, 0.29) is 5.41 Å². The highest BCUT2D eigenvalue weighted by atomic mass is 16.7. The minimum Gasteiger partial charge on any atom is -0.454 e. The first-order valence-electron chi connectivity index (χ1n) is 7.81. The zero-order valence-corrected chi connectivity index (χ0v) is 12.6. The predicted octanol–water partition coefficient (Wildman–Crippen LogP) is 3.70. The van der Waals surface area contributed by atoms with E-state index in [4.69, 9.17) is 15.2 Å². The van der Waals surface area contributed by atoms with Crippen LogP contribution in [0.4, 0.5) is 0 Å². The lowest BCUT2D eigenvalue weighted by Crippen LogP contribution is -2.38. The Labute approximate surface area is 121 Å². The van der Waals surface area contributed by atoms with E-state index in [0.29, 0.717) is 12.7 Å². The average molecular weight is 275 g/mol. The SMILES string of the molecule is CC(C)c1c(C2(CN)CCCCC2)ccc2c1OCO2. The third kappa shape index (κ3) is 2.08. The fourth-order valence-electron chi connectivity index (χ4n) is 3.84. The van der Waals surface area contributed by atoms with Crippen molar-refractivity contribution >= 4 is 0 Å². The lowest BCUT2D eigenvalue weighted by molar-refractivity contribution is 0.173. The first-order chi connectivity index (χ1) is 9.68. The van der Waals surface area contributed by atoms with E-state index in [0.717, 1.165) is 18.0 Å². The Bertz CT molecular complexity index is 490. The van der Waals surface area contributed by atoms with Crippen LogP contribution in [0.5, 0.6) is 11.5 Å². The smallest absolute Gasteiger partial charge is 0.231 e. The van der Waals surface area contributed by atoms with Crippen molar-refractivity contribution in [3.05, 3.63) is 23.3 Å². The van der Waals surface area contributed by atoms with E-state index in [1.807, 2.05) is 0 Å². The minimum atomic E-state index is 0.138. The van der Waals surface area contributed by atoms with E-state index in [1.165, 1.54) is 43.2 Å². The number of rotatable bonds is 3. The monoisotopic (exact) mass is 275 g/mol. The minimum absolute atomic E-state index is 0.138. The van der Waals surface area contributed by atoms with E-state index >= 15 is 0 Å². The number of nitrogens with two attached hydrogens (primary N) is 1. The van der Waals surface area contributed by atoms with E-state index in [9.17, 15) is 0 Å². The molecule has 20 heavy (non-hydrogen) atoms. The van der Waals surface area contributed by atoms with Gasteiger partial charge in [-0.1, -0.05) is 39.2 Å². The van der Waals surface area contributed by atoms with E-state index in [2.05, 4.69) is 26.0 Å². The summed E-state index contributed by atoms with van der Waals surface area (Å²) in [5.41, 5.74) is 9.06. The summed E-state index contributed by atoms with van der Waals surface area (Å²) >= 11 is 0. The van der Waals surface area contributed by atoms with Crippen molar-refractivity contribution in [3.8, 4) is 11.5 Å². The zero-order chi connectivity index (χ0) is 14.2. The summed E-state index contributed by atoms with van der Waals surface area (Å²) in [6.45, 7) is 5.53. The highest BCUT2D eigenvalue weighted by molar-refractivity contribution is 5.55. The molecular weight excluding hydrogens is 250 g/mol. The van der Waals surface area contributed by atoms with Crippen LogP contribution in [-0.2, 0) is 5.41 Å². The number of fused-ring (bicyclic) bond motifs is 1. The molecule has 0 atom stereocenters. The molecule has 0 spiro atoms. The Morgan fingerprint density at radius 2 is 1.90 bits per heavy atom. The van der Waals surface area contributed by atoms with Gasteiger partial charge in [0.2, 0.25) is 6.79 Å². The third-order valence-corrected chi connectivity index (χ3v) is 4.93. The maximum atomic E-state index is 6.21. The van der Waals surface area contributed by atoms with Gasteiger partial charge < -0.3 is 15.2 Å². The van der Waals surface area contributed by atoms with Crippen LogP contribution in [-0.4, -0.2) is 13.3 Å². The Morgan fingerprint density at radius 3 is 2.55 bits per heavy atom. The van der Waals surface area contributed by atoms with Gasteiger partial charge in [-0.05, 0) is 30.4 Å². The quantitative estimate of drug-likeness (QED) is 0.914. The Hall–Kier alpha value is -1.22. The lowest BCUT2D eigenvalue weighted by atomic mass is 9.67. The molecular formula is C17H25NO2. The molecule has 1 aromatic rings. The summed E-state index contributed by atoms with van der Waals surface area (Å²) in [5, 5.41) is 0. The summed E-state index contributed by atoms with van der Waals surface area (Å²) in [6, 6.07) is 4.30. The molecule has 1 saturated carbocycles. The van der Waals surface area contributed by atoms with Crippen LogP contribution in [0.25, 0.3) is 0 Å². The van der Waals surface area contributed by atoms with Gasteiger partial charge in [0.15, 0.2) is 11.5 Å². The standard InChI is InChI=1S/C17H25NO2/c1-12(2)15-13(6-7-14-16(15)20-11-19-14)17(10-18)8-4-3-5-9-17/h6-7,12H,3-5,8-11,18H2,1-2H3. The molecule has 110 valence electrons. The molecule has 0 bridgehead atoms.